The van der Waals surface area contributed by atoms with Gasteiger partial charge in [0.1, 0.15) is 0 Å². The van der Waals surface area contributed by atoms with E-state index >= 15 is 0 Å². The molecular weight excluding hydrogens is 176 g/mol. The van der Waals surface area contributed by atoms with Crippen LogP contribution in [0.2, 0.25) is 0 Å². The topological polar surface area (TPSA) is 9.23 Å². The fourth-order valence-corrected chi connectivity index (χ4v) is 2.97. The second kappa shape index (κ2) is 2.91. The molecule has 1 aromatic heterocycles. The Morgan fingerprint density at radius 2 is 2.45 bits per heavy atom. The molecule has 1 aromatic rings. The van der Waals surface area contributed by atoms with Crippen molar-refractivity contribution in [3.05, 3.63) is 23.1 Å². The number of fused-ring (bicyclic) bond motifs is 1. The minimum absolute atomic E-state index is 1.02. The molecule has 1 aliphatic rings. The molecule has 3 heteroatoms. The van der Waals surface area contributed by atoms with E-state index in [0.717, 1.165) is 11.5 Å². The van der Waals surface area contributed by atoms with Crippen LogP contribution in [0.25, 0.3) is 0 Å². The number of hydrogen-bond acceptors (Lipinski definition) is 3. The maximum Gasteiger partial charge on any atom is 0.174 e. The van der Waals surface area contributed by atoms with Gasteiger partial charge in [-0.25, -0.2) is 0 Å². The van der Waals surface area contributed by atoms with E-state index in [1.807, 2.05) is 0 Å². The van der Waals surface area contributed by atoms with Gasteiger partial charge in [-0.2, -0.15) is 0 Å². The van der Waals surface area contributed by atoms with Crippen LogP contribution in [0.1, 0.15) is 5.56 Å². The van der Waals surface area contributed by atoms with Crippen molar-refractivity contribution in [3.63, 3.8) is 0 Å². The monoisotopic (exact) mass is 184 g/mol. The maximum absolute atomic E-state index is 5.14. The lowest BCUT2D eigenvalue weighted by Crippen LogP contribution is -1.81. The summed E-state index contributed by atoms with van der Waals surface area (Å²) in [5, 5.41) is 3.16. The highest BCUT2D eigenvalue weighted by Crippen LogP contribution is 2.39. The quantitative estimate of drug-likeness (QED) is 0.663. The summed E-state index contributed by atoms with van der Waals surface area (Å²) >= 11 is 3.51. The molecule has 1 aliphatic heterocycles. The van der Waals surface area contributed by atoms with Gasteiger partial charge in [0, 0.05) is 0 Å². The number of thioether (sulfide) groups is 1. The Balaban J connectivity index is 2.36. The third-order valence-corrected chi connectivity index (χ3v) is 3.83. The number of methoxy groups -OCH3 is 1. The zero-order valence-corrected chi connectivity index (χ0v) is 7.80. The highest BCUT2D eigenvalue weighted by molar-refractivity contribution is 8.04. The summed E-state index contributed by atoms with van der Waals surface area (Å²) in [5.41, 5.74) is 1.40. The highest BCUT2D eigenvalue weighted by Gasteiger charge is 2.10. The predicted octanol–water partition coefficient (Wildman–Crippen LogP) is 2.92. The zero-order valence-electron chi connectivity index (χ0n) is 6.16. The Morgan fingerprint density at radius 1 is 1.55 bits per heavy atom. The maximum atomic E-state index is 5.14. The Kier molecular flexibility index (Phi) is 1.92. The molecule has 0 atom stereocenters. The molecule has 0 bridgehead atoms. The highest BCUT2D eigenvalue weighted by atomic mass is 32.2. The SMILES string of the molecule is COc1cc2c(s1)SC=CC2. The first-order valence-electron chi connectivity index (χ1n) is 3.38. The second-order valence-electron chi connectivity index (χ2n) is 2.28. The van der Waals surface area contributed by atoms with Crippen LogP contribution in [0.15, 0.2) is 21.8 Å². The van der Waals surface area contributed by atoms with E-state index in [0.29, 0.717) is 0 Å². The number of rotatable bonds is 1. The van der Waals surface area contributed by atoms with Crippen molar-refractivity contribution in [2.24, 2.45) is 0 Å². The second-order valence-corrected chi connectivity index (χ2v) is 4.47. The molecule has 2 heterocycles. The summed E-state index contributed by atoms with van der Waals surface area (Å²) in [7, 11) is 1.72. The van der Waals surface area contributed by atoms with Gasteiger partial charge >= 0.3 is 0 Å². The molecule has 0 saturated heterocycles. The standard InChI is InChI=1S/C8H8OS2/c1-9-7-5-6-3-2-4-10-8(6)11-7/h2,4-5H,3H2,1H3. The Morgan fingerprint density at radius 3 is 3.18 bits per heavy atom. The molecule has 11 heavy (non-hydrogen) atoms. The van der Waals surface area contributed by atoms with Crippen LogP contribution >= 0.6 is 23.1 Å². The average Bonchev–Trinajstić information content (AvgIpc) is 2.46. The molecular formula is C8H8OS2. The van der Waals surface area contributed by atoms with Crippen molar-refractivity contribution in [1.82, 2.24) is 0 Å². The van der Waals surface area contributed by atoms with Gasteiger partial charge in [-0.15, -0.1) is 0 Å². The first-order chi connectivity index (χ1) is 5.40. The zero-order chi connectivity index (χ0) is 7.68. The van der Waals surface area contributed by atoms with Crippen molar-refractivity contribution >= 4 is 23.1 Å². The number of thiophene rings is 1. The first-order valence-corrected chi connectivity index (χ1v) is 5.08. The third-order valence-electron chi connectivity index (χ3n) is 1.56. The van der Waals surface area contributed by atoms with E-state index in [1.54, 1.807) is 30.2 Å². The fourth-order valence-electron chi connectivity index (χ4n) is 1.02. The molecule has 0 unspecified atom stereocenters. The van der Waals surface area contributed by atoms with Crippen LogP contribution in [0.4, 0.5) is 0 Å². The fraction of sp³-hybridized carbons (Fsp3) is 0.250. The molecule has 0 fully saturated rings. The van der Waals surface area contributed by atoms with Crippen LogP contribution in [-0.2, 0) is 6.42 Å². The number of allylic oxidation sites excluding steroid dienone is 1. The molecule has 58 valence electrons. The minimum Gasteiger partial charge on any atom is -0.487 e. The van der Waals surface area contributed by atoms with Crippen LogP contribution in [0.3, 0.4) is 0 Å². The van der Waals surface area contributed by atoms with E-state index < -0.39 is 0 Å². The predicted molar refractivity (Wildman–Crippen MR) is 49.6 cm³/mol. The van der Waals surface area contributed by atoms with Crippen LogP contribution < -0.4 is 4.74 Å². The van der Waals surface area contributed by atoms with Gasteiger partial charge < -0.3 is 4.74 Å². The molecule has 0 spiro atoms. The van der Waals surface area contributed by atoms with Gasteiger partial charge in [-0.05, 0) is 23.5 Å². The van der Waals surface area contributed by atoms with Crippen molar-refractivity contribution in [2.45, 2.75) is 10.6 Å². The summed E-state index contributed by atoms with van der Waals surface area (Å²) in [6, 6.07) is 2.12. The number of hydrogen-bond donors (Lipinski definition) is 0. The van der Waals surface area contributed by atoms with Gasteiger partial charge in [0.25, 0.3) is 0 Å². The van der Waals surface area contributed by atoms with Crippen LogP contribution in [0.5, 0.6) is 5.06 Å². The molecule has 2 rings (SSSR count). The molecule has 1 nitrogen and oxygen atoms in total. The van der Waals surface area contributed by atoms with E-state index in [1.165, 1.54) is 9.77 Å². The smallest absolute Gasteiger partial charge is 0.174 e. The summed E-state index contributed by atoms with van der Waals surface area (Å²) in [6.07, 6.45) is 3.24. The Labute approximate surface area is 74.1 Å². The van der Waals surface area contributed by atoms with E-state index in [-0.39, 0.29) is 0 Å². The first kappa shape index (κ1) is 7.25. The molecule has 0 aliphatic carbocycles. The number of ether oxygens (including phenoxy) is 1. The van der Waals surface area contributed by atoms with Crippen LogP contribution in [0, 0.1) is 0 Å². The summed E-state index contributed by atoms with van der Waals surface area (Å²) in [6.45, 7) is 0. The lowest BCUT2D eigenvalue weighted by atomic mass is 10.2. The lowest BCUT2D eigenvalue weighted by Gasteiger charge is -2.00. The molecule has 0 N–H and O–H groups in total. The van der Waals surface area contributed by atoms with Gasteiger partial charge in [-0.3, -0.25) is 0 Å². The van der Waals surface area contributed by atoms with Crippen LogP contribution in [-0.4, -0.2) is 7.11 Å². The normalized spacial score (nSPS) is 14.6. The van der Waals surface area contributed by atoms with Gasteiger partial charge in [0.15, 0.2) is 5.06 Å². The van der Waals surface area contributed by atoms with Gasteiger partial charge in [0.05, 0.1) is 11.3 Å². The average molecular weight is 184 g/mol. The summed E-state index contributed by atoms with van der Waals surface area (Å²) < 4.78 is 6.52. The third kappa shape index (κ3) is 1.30. The Hall–Kier alpha value is -0.410. The Bertz CT molecular complexity index is 263. The van der Waals surface area contributed by atoms with E-state index in [9.17, 15) is 0 Å². The van der Waals surface area contributed by atoms with Gasteiger partial charge in [0.2, 0.25) is 0 Å². The van der Waals surface area contributed by atoms with Crippen molar-refractivity contribution < 1.29 is 4.74 Å². The minimum atomic E-state index is 1.02. The van der Waals surface area contributed by atoms with Crippen molar-refractivity contribution in [1.29, 1.82) is 0 Å². The van der Waals surface area contributed by atoms with Crippen molar-refractivity contribution in [2.75, 3.05) is 7.11 Å². The van der Waals surface area contributed by atoms with E-state index in [2.05, 4.69) is 17.6 Å². The van der Waals surface area contributed by atoms with E-state index in [4.69, 9.17) is 4.74 Å². The molecule has 0 radical (unpaired) electrons. The summed E-state index contributed by atoms with van der Waals surface area (Å²) in [5.74, 6) is 0. The van der Waals surface area contributed by atoms with Crippen molar-refractivity contribution in [3.8, 4) is 5.06 Å². The summed E-state index contributed by atoms with van der Waals surface area (Å²) in [4.78, 5) is 0. The largest absolute Gasteiger partial charge is 0.487 e. The molecule has 0 aromatic carbocycles. The molecule has 0 saturated carbocycles. The molecule has 0 amide bonds. The van der Waals surface area contributed by atoms with Gasteiger partial charge in [-0.1, -0.05) is 29.2 Å². The lowest BCUT2D eigenvalue weighted by molar-refractivity contribution is 0.427.